The van der Waals surface area contributed by atoms with Gasteiger partial charge in [0, 0.05) is 13.2 Å². The van der Waals surface area contributed by atoms with Gasteiger partial charge < -0.3 is 19.5 Å². The molecule has 1 heterocycles. The number of carbonyl (C=O) groups is 2. The summed E-state index contributed by atoms with van der Waals surface area (Å²) >= 11 is 0. The van der Waals surface area contributed by atoms with Crippen molar-refractivity contribution in [1.82, 2.24) is 5.32 Å². The van der Waals surface area contributed by atoms with Crippen LogP contribution in [0.3, 0.4) is 0 Å². The average molecular weight is 321 g/mol. The Balaban J connectivity index is 1.91. The molecule has 0 unspecified atom stereocenters. The molecule has 0 aromatic heterocycles. The lowest BCUT2D eigenvalue weighted by atomic mass is 10.2. The van der Waals surface area contributed by atoms with E-state index in [-0.39, 0.29) is 5.91 Å². The highest BCUT2D eigenvalue weighted by Gasteiger charge is 2.22. The number of benzene rings is 1. The lowest BCUT2D eigenvalue weighted by Crippen LogP contribution is -2.36. The average Bonchev–Trinajstić information content (AvgIpc) is 2.74. The van der Waals surface area contributed by atoms with Gasteiger partial charge in [-0.15, -0.1) is 0 Å². The predicted octanol–water partition coefficient (Wildman–Crippen LogP) is 2.06. The Morgan fingerprint density at radius 1 is 1.26 bits per heavy atom. The fourth-order valence-electron chi connectivity index (χ4n) is 2.29. The van der Waals surface area contributed by atoms with Gasteiger partial charge in [-0.1, -0.05) is 0 Å². The maximum atomic E-state index is 11.8. The lowest BCUT2D eigenvalue weighted by Gasteiger charge is -2.16. The van der Waals surface area contributed by atoms with Gasteiger partial charge in [-0.2, -0.15) is 0 Å². The Kier molecular flexibility index (Phi) is 6.40. The second-order valence-corrected chi connectivity index (χ2v) is 5.38. The third kappa shape index (κ3) is 5.25. The summed E-state index contributed by atoms with van der Waals surface area (Å²) in [4.78, 5) is 23.6. The van der Waals surface area contributed by atoms with Crippen molar-refractivity contribution in [2.45, 2.75) is 45.3 Å². The Morgan fingerprint density at radius 3 is 2.65 bits per heavy atom. The second kappa shape index (κ2) is 8.53. The molecule has 0 spiro atoms. The van der Waals surface area contributed by atoms with Crippen LogP contribution in [0.2, 0.25) is 0 Å². The standard InChI is InChI=1S/C17H23NO5/c1-3-21-12(2)17(20)23-14-9-7-13(8-10-14)22-15-6-4-5-11-18-16(15)19/h7-10,12,15H,3-6,11H2,1-2H3,(H,18,19)/t12-,15+/m0/s1. The molecule has 0 saturated carbocycles. The molecule has 6 heteroatoms. The van der Waals surface area contributed by atoms with Gasteiger partial charge in [-0.25, -0.2) is 4.79 Å². The van der Waals surface area contributed by atoms with Crippen LogP contribution in [-0.4, -0.2) is 37.2 Å². The third-order valence-corrected chi connectivity index (χ3v) is 3.55. The molecule has 0 bridgehead atoms. The van der Waals surface area contributed by atoms with E-state index < -0.39 is 18.2 Å². The van der Waals surface area contributed by atoms with Crippen LogP contribution in [-0.2, 0) is 14.3 Å². The number of rotatable bonds is 6. The number of hydrogen-bond acceptors (Lipinski definition) is 5. The van der Waals surface area contributed by atoms with Gasteiger partial charge in [-0.3, -0.25) is 4.79 Å². The topological polar surface area (TPSA) is 73.9 Å². The first-order chi connectivity index (χ1) is 11.1. The Labute approximate surface area is 136 Å². The van der Waals surface area contributed by atoms with E-state index in [0.29, 0.717) is 31.1 Å². The highest BCUT2D eigenvalue weighted by atomic mass is 16.6. The first-order valence-electron chi connectivity index (χ1n) is 7.98. The van der Waals surface area contributed by atoms with Gasteiger partial charge in [0.1, 0.15) is 11.5 Å². The van der Waals surface area contributed by atoms with Crippen molar-refractivity contribution in [2.24, 2.45) is 0 Å². The summed E-state index contributed by atoms with van der Waals surface area (Å²) in [6, 6.07) is 6.65. The minimum Gasteiger partial charge on any atom is -0.481 e. The molecule has 6 nitrogen and oxygen atoms in total. The lowest BCUT2D eigenvalue weighted by molar-refractivity contribution is -0.145. The van der Waals surface area contributed by atoms with E-state index in [1.165, 1.54) is 0 Å². The molecule has 1 aromatic rings. The number of esters is 1. The third-order valence-electron chi connectivity index (χ3n) is 3.55. The minimum absolute atomic E-state index is 0.0801. The summed E-state index contributed by atoms with van der Waals surface area (Å²) in [6.45, 7) is 4.62. The van der Waals surface area contributed by atoms with E-state index in [9.17, 15) is 9.59 Å². The van der Waals surface area contributed by atoms with E-state index in [0.717, 1.165) is 12.8 Å². The predicted molar refractivity (Wildman–Crippen MR) is 84.4 cm³/mol. The number of carbonyl (C=O) groups excluding carboxylic acids is 2. The monoisotopic (exact) mass is 321 g/mol. The van der Waals surface area contributed by atoms with Gasteiger partial charge in [0.2, 0.25) is 0 Å². The van der Waals surface area contributed by atoms with Crippen LogP contribution in [0.1, 0.15) is 33.1 Å². The van der Waals surface area contributed by atoms with Crippen LogP contribution in [0.5, 0.6) is 11.5 Å². The molecule has 0 aliphatic carbocycles. The first-order valence-corrected chi connectivity index (χ1v) is 7.98. The van der Waals surface area contributed by atoms with Crippen LogP contribution in [0.4, 0.5) is 0 Å². The SMILES string of the molecule is CCO[C@@H](C)C(=O)Oc1ccc(O[C@@H]2CCCCNC2=O)cc1. The molecular weight excluding hydrogens is 298 g/mol. The molecule has 2 atom stereocenters. The Morgan fingerprint density at radius 2 is 1.96 bits per heavy atom. The molecular formula is C17H23NO5. The number of ether oxygens (including phenoxy) is 3. The normalized spacial score (nSPS) is 19.4. The molecule has 1 fully saturated rings. The molecule has 1 aliphatic heterocycles. The first kappa shape index (κ1) is 17.3. The number of amides is 1. The molecule has 126 valence electrons. The zero-order chi connectivity index (χ0) is 16.7. The quantitative estimate of drug-likeness (QED) is 0.641. The summed E-state index contributed by atoms with van der Waals surface area (Å²) in [5.74, 6) is 0.469. The summed E-state index contributed by atoms with van der Waals surface area (Å²) in [6.07, 6.45) is 1.55. The van der Waals surface area contributed by atoms with Gasteiger partial charge in [0.25, 0.3) is 5.91 Å². The van der Waals surface area contributed by atoms with Gasteiger partial charge in [0.05, 0.1) is 0 Å². The van der Waals surface area contributed by atoms with Crippen molar-refractivity contribution in [1.29, 1.82) is 0 Å². The zero-order valence-electron chi connectivity index (χ0n) is 13.5. The van der Waals surface area contributed by atoms with Crippen molar-refractivity contribution in [3.63, 3.8) is 0 Å². The molecule has 2 rings (SSSR count). The summed E-state index contributed by atoms with van der Waals surface area (Å²) in [5, 5.41) is 2.83. The van der Waals surface area contributed by atoms with Gasteiger partial charge in [0.15, 0.2) is 12.2 Å². The maximum absolute atomic E-state index is 11.8. The molecule has 0 radical (unpaired) electrons. The highest BCUT2D eigenvalue weighted by Crippen LogP contribution is 2.21. The van der Waals surface area contributed by atoms with Crippen molar-refractivity contribution in [3.8, 4) is 11.5 Å². The van der Waals surface area contributed by atoms with Gasteiger partial charge in [-0.05, 0) is 57.4 Å². The highest BCUT2D eigenvalue weighted by molar-refractivity contribution is 5.81. The minimum atomic E-state index is -0.606. The van der Waals surface area contributed by atoms with Crippen LogP contribution in [0.15, 0.2) is 24.3 Å². The van der Waals surface area contributed by atoms with Crippen molar-refractivity contribution < 1.29 is 23.8 Å². The van der Waals surface area contributed by atoms with Crippen molar-refractivity contribution in [3.05, 3.63) is 24.3 Å². The molecule has 1 aliphatic rings. The van der Waals surface area contributed by atoms with E-state index in [4.69, 9.17) is 14.2 Å². The number of hydrogen-bond donors (Lipinski definition) is 1. The molecule has 1 saturated heterocycles. The summed E-state index contributed by atoms with van der Waals surface area (Å²) in [7, 11) is 0. The Hall–Kier alpha value is -2.08. The largest absolute Gasteiger partial charge is 0.481 e. The summed E-state index contributed by atoms with van der Waals surface area (Å²) < 4.78 is 16.1. The van der Waals surface area contributed by atoms with Crippen molar-refractivity contribution >= 4 is 11.9 Å². The smallest absolute Gasteiger partial charge is 0.340 e. The molecule has 1 aromatic carbocycles. The maximum Gasteiger partial charge on any atom is 0.340 e. The van der Waals surface area contributed by atoms with Crippen LogP contribution < -0.4 is 14.8 Å². The van der Waals surface area contributed by atoms with E-state index >= 15 is 0 Å². The van der Waals surface area contributed by atoms with Crippen LogP contribution >= 0.6 is 0 Å². The van der Waals surface area contributed by atoms with Crippen molar-refractivity contribution in [2.75, 3.05) is 13.2 Å². The molecule has 1 amide bonds. The van der Waals surface area contributed by atoms with Crippen LogP contribution in [0.25, 0.3) is 0 Å². The second-order valence-electron chi connectivity index (χ2n) is 5.38. The zero-order valence-corrected chi connectivity index (χ0v) is 13.5. The molecule has 1 N–H and O–H groups in total. The van der Waals surface area contributed by atoms with E-state index in [1.54, 1.807) is 31.2 Å². The van der Waals surface area contributed by atoms with Gasteiger partial charge >= 0.3 is 5.97 Å². The van der Waals surface area contributed by atoms with E-state index in [2.05, 4.69) is 5.32 Å². The molecule has 23 heavy (non-hydrogen) atoms. The fraction of sp³-hybridized carbons (Fsp3) is 0.529. The fourth-order valence-corrected chi connectivity index (χ4v) is 2.29. The van der Waals surface area contributed by atoms with E-state index in [1.807, 2.05) is 6.92 Å². The van der Waals surface area contributed by atoms with Crippen LogP contribution in [0, 0.1) is 0 Å². The summed E-state index contributed by atoms with van der Waals surface area (Å²) in [5.41, 5.74) is 0. The number of nitrogens with one attached hydrogen (secondary N) is 1. The Bertz CT molecular complexity index is 528.